The van der Waals surface area contributed by atoms with E-state index in [1.54, 1.807) is 98.3 Å². The maximum atomic E-state index is 12.0. The minimum absolute atomic E-state index is 0.211. The first kappa shape index (κ1) is 87.9. The molecule has 1 atom stereocenters. The van der Waals surface area contributed by atoms with Crippen LogP contribution in [0.3, 0.4) is 0 Å². The molecule has 87 heavy (non-hydrogen) atoms. The predicted molar refractivity (Wildman–Crippen MR) is 359 cm³/mol. The Balaban J connectivity index is -0.000000495. The molecule has 0 radical (unpaired) electrons. The fourth-order valence-electron chi connectivity index (χ4n) is 8.72. The number of unbranched alkanes of at least 4 members (excludes halogenated alkanes) is 1. The average molecular weight is 1230 g/mol. The first-order valence-electron chi connectivity index (χ1n) is 31.6. The second-order valence-corrected chi connectivity index (χ2v) is 21.8. The number of carbonyl (C=O) groups excluding carboxylic acids is 4. The third-order valence-electron chi connectivity index (χ3n) is 14.2. The van der Waals surface area contributed by atoms with Gasteiger partial charge >= 0.3 is 23.9 Å². The first-order valence-corrected chi connectivity index (χ1v) is 31.6. The summed E-state index contributed by atoms with van der Waals surface area (Å²) in [7, 11) is 17.6. The van der Waals surface area contributed by atoms with Crippen LogP contribution in [0.2, 0.25) is 0 Å². The summed E-state index contributed by atoms with van der Waals surface area (Å²) in [6.07, 6.45) is 5.96. The highest BCUT2D eigenvalue weighted by Crippen LogP contribution is 2.14. The molecule has 0 amide bonds. The zero-order valence-corrected chi connectivity index (χ0v) is 58.5. The highest BCUT2D eigenvalue weighted by Gasteiger charge is 2.26. The SMILES string of the molecule is CCCC[N+](CC)(CCC)CCOC(=O)c1ccccc1.CCC[N+](CC)(CCC)CCOC(=O)c1ccccc1.CCOC.CC[N+](CC)(CC)CCOC(=O)c1ccccc1.COC.COC.COC.C[N+](C)(C)CCOC(=O)c1ccccc1. The van der Waals surface area contributed by atoms with Crippen LogP contribution in [-0.4, -0.2) is 231 Å². The summed E-state index contributed by atoms with van der Waals surface area (Å²) in [5.41, 5.74) is 2.50. The maximum Gasteiger partial charge on any atom is 0.338 e. The van der Waals surface area contributed by atoms with Crippen LogP contribution in [-0.2, 0) is 37.9 Å². The molecule has 0 spiro atoms. The summed E-state index contributed by atoms with van der Waals surface area (Å²) < 4.78 is 42.6. The lowest BCUT2D eigenvalue weighted by molar-refractivity contribution is -0.926. The number of ether oxygens (including phenoxy) is 8. The molecular weight excluding hydrogens is 1100 g/mol. The average Bonchev–Trinajstić information content (AvgIpc) is 3.68. The van der Waals surface area contributed by atoms with Gasteiger partial charge in [0, 0.05) is 56.4 Å². The van der Waals surface area contributed by atoms with Gasteiger partial charge in [-0.3, -0.25) is 0 Å². The zero-order chi connectivity index (χ0) is 66.7. The Hall–Kier alpha value is -5.56. The van der Waals surface area contributed by atoms with Crippen LogP contribution in [0.15, 0.2) is 121 Å². The molecule has 0 bridgehead atoms. The largest absolute Gasteiger partial charge is 0.456 e. The van der Waals surface area contributed by atoms with Gasteiger partial charge in [-0.15, -0.1) is 0 Å². The van der Waals surface area contributed by atoms with E-state index in [1.807, 2.05) is 79.7 Å². The summed E-state index contributed by atoms with van der Waals surface area (Å²) in [5.74, 6) is -0.898. The summed E-state index contributed by atoms with van der Waals surface area (Å²) in [5, 5.41) is 0. The molecule has 0 N–H and O–H groups in total. The molecule has 0 aliphatic heterocycles. The van der Waals surface area contributed by atoms with E-state index in [9.17, 15) is 19.2 Å². The van der Waals surface area contributed by atoms with Crippen LogP contribution in [0.25, 0.3) is 0 Å². The van der Waals surface area contributed by atoms with Gasteiger partial charge in [-0.2, -0.15) is 0 Å². The molecule has 0 aromatic heterocycles. The van der Waals surface area contributed by atoms with Crippen molar-refractivity contribution in [3.8, 4) is 0 Å². The van der Waals surface area contributed by atoms with Crippen molar-refractivity contribution in [2.75, 3.05) is 189 Å². The van der Waals surface area contributed by atoms with Crippen LogP contribution < -0.4 is 0 Å². The predicted octanol–water partition coefficient (Wildman–Crippen LogP) is 13.1. The number of rotatable bonds is 31. The fourth-order valence-corrected chi connectivity index (χ4v) is 8.72. The van der Waals surface area contributed by atoms with Gasteiger partial charge in [0.05, 0.1) is 102 Å². The lowest BCUT2D eigenvalue weighted by Gasteiger charge is -2.37. The van der Waals surface area contributed by atoms with E-state index in [-0.39, 0.29) is 23.9 Å². The normalized spacial score (nSPS) is 11.1. The lowest BCUT2D eigenvalue weighted by Crippen LogP contribution is -2.51. The number of hydrogen-bond acceptors (Lipinski definition) is 12. The van der Waals surface area contributed by atoms with Gasteiger partial charge in [0.2, 0.25) is 0 Å². The molecule has 4 aromatic rings. The van der Waals surface area contributed by atoms with Crippen molar-refractivity contribution in [3.05, 3.63) is 144 Å². The number of esters is 4. The van der Waals surface area contributed by atoms with E-state index in [0.29, 0.717) is 48.7 Å². The highest BCUT2D eigenvalue weighted by molar-refractivity contribution is 5.90. The molecule has 0 heterocycles. The number of quaternary nitrogens is 4. The van der Waals surface area contributed by atoms with Crippen LogP contribution in [0.5, 0.6) is 0 Å². The molecule has 0 aliphatic rings. The first-order chi connectivity index (χ1) is 41.7. The molecule has 1 unspecified atom stereocenters. The molecular formula is C71H126N4O12+4. The van der Waals surface area contributed by atoms with Gasteiger partial charge in [0.15, 0.2) is 0 Å². The molecule has 498 valence electrons. The minimum Gasteiger partial charge on any atom is -0.456 e. The second-order valence-electron chi connectivity index (χ2n) is 21.8. The Kier molecular flexibility index (Phi) is 58.7. The van der Waals surface area contributed by atoms with E-state index in [0.717, 1.165) is 96.5 Å². The van der Waals surface area contributed by atoms with Gasteiger partial charge in [-0.1, -0.05) is 107 Å². The zero-order valence-electron chi connectivity index (χ0n) is 58.5. The van der Waals surface area contributed by atoms with E-state index in [1.165, 1.54) is 45.2 Å². The van der Waals surface area contributed by atoms with Crippen molar-refractivity contribution >= 4 is 23.9 Å². The monoisotopic (exact) mass is 1230 g/mol. The summed E-state index contributed by atoms with van der Waals surface area (Å²) in [6, 6.07) is 36.6. The number of carbonyl (C=O) groups is 4. The topological polar surface area (TPSA) is 142 Å². The second kappa shape index (κ2) is 58.1. The minimum atomic E-state index is -0.246. The van der Waals surface area contributed by atoms with Gasteiger partial charge in [-0.05, 0) is 116 Å². The Morgan fingerprint density at radius 1 is 0.310 bits per heavy atom. The quantitative estimate of drug-likeness (QED) is 0.0269. The van der Waals surface area contributed by atoms with Crippen LogP contribution in [0, 0.1) is 0 Å². The standard InChI is InChI=1S/C18H30NO2.C17H28NO2.C15H24NO2.C12H18NO2.C3H8O.3C2H6O/c1-4-7-14-19(6-3,13-5-2)15-16-21-18(20)17-11-9-8-10-12-17;1-4-12-18(6-3,13-5-2)14-15-20-17(19)16-10-8-7-9-11-16;1-4-16(5-2,6-3)12-13-18-15(17)14-10-8-7-9-11-14;1-13(2,3)9-10-15-12(14)11-7-5-4-6-8-11;1-3-4-2;3*1-3-2/h8-12H,4-7,13-16H2,1-3H3;7-11H,4-6,12-15H2,1-3H3;7-11H,4-6,12-13H2,1-3H3;4-8H,9-10H2,1-3H3;3H2,1-2H3;3*1-2H3/q4*+1;;;;. The van der Waals surface area contributed by atoms with Crippen molar-refractivity contribution < 1.29 is 75.0 Å². The Morgan fingerprint density at radius 3 is 0.724 bits per heavy atom. The number of methoxy groups -OCH3 is 4. The lowest BCUT2D eigenvalue weighted by atomic mass is 10.2. The molecule has 4 rings (SSSR count). The highest BCUT2D eigenvalue weighted by atomic mass is 16.5. The van der Waals surface area contributed by atoms with E-state index >= 15 is 0 Å². The van der Waals surface area contributed by atoms with Gasteiger partial charge in [-0.25, -0.2) is 19.2 Å². The molecule has 0 saturated carbocycles. The number of likely N-dealkylation sites (N-methyl/N-ethyl adjacent to an activating group) is 4. The van der Waals surface area contributed by atoms with Gasteiger partial charge in [0.25, 0.3) is 0 Å². The Labute approximate surface area is 530 Å². The summed E-state index contributed by atoms with van der Waals surface area (Å²) in [4.78, 5) is 47.1. The number of benzene rings is 4. The Bertz CT molecular complexity index is 2140. The van der Waals surface area contributed by atoms with Gasteiger partial charge < -0.3 is 55.8 Å². The van der Waals surface area contributed by atoms with Crippen molar-refractivity contribution in [2.45, 2.75) is 101 Å². The fraction of sp³-hybridized carbons (Fsp3) is 0.606. The van der Waals surface area contributed by atoms with Crippen molar-refractivity contribution in [2.24, 2.45) is 0 Å². The number of hydrogen-bond donors (Lipinski definition) is 0. The molecule has 0 saturated heterocycles. The molecule has 0 aliphatic carbocycles. The van der Waals surface area contributed by atoms with Crippen molar-refractivity contribution in [1.82, 2.24) is 0 Å². The van der Waals surface area contributed by atoms with Crippen LogP contribution in [0.1, 0.15) is 143 Å². The summed E-state index contributed by atoms with van der Waals surface area (Å²) >= 11 is 0. The van der Waals surface area contributed by atoms with E-state index in [2.05, 4.69) is 102 Å². The maximum absolute atomic E-state index is 12.0. The molecule has 16 heteroatoms. The van der Waals surface area contributed by atoms with Gasteiger partial charge in [0.1, 0.15) is 52.6 Å². The molecule has 16 nitrogen and oxygen atoms in total. The van der Waals surface area contributed by atoms with E-state index < -0.39 is 0 Å². The smallest absolute Gasteiger partial charge is 0.338 e. The third-order valence-corrected chi connectivity index (χ3v) is 14.2. The van der Waals surface area contributed by atoms with Crippen LogP contribution in [0.4, 0.5) is 0 Å². The van der Waals surface area contributed by atoms with Crippen LogP contribution >= 0.6 is 0 Å². The number of nitrogens with zero attached hydrogens (tertiary/aromatic N) is 4. The van der Waals surface area contributed by atoms with E-state index in [4.69, 9.17) is 18.9 Å². The summed E-state index contributed by atoms with van der Waals surface area (Å²) in [6.45, 7) is 38.3. The van der Waals surface area contributed by atoms with Crippen molar-refractivity contribution in [3.63, 3.8) is 0 Å². The third kappa shape index (κ3) is 46.3. The molecule has 4 aromatic carbocycles. The molecule has 0 fully saturated rings. The van der Waals surface area contributed by atoms with Crippen molar-refractivity contribution in [1.29, 1.82) is 0 Å². The Morgan fingerprint density at radius 2 is 0.529 bits per heavy atom.